The fourth-order valence-electron chi connectivity index (χ4n) is 2.65. The van der Waals surface area contributed by atoms with Crippen LogP contribution < -0.4 is 9.88 Å². The number of benzene rings is 2. The van der Waals surface area contributed by atoms with Crippen LogP contribution in [0.15, 0.2) is 52.3 Å². The summed E-state index contributed by atoms with van der Waals surface area (Å²) in [5.41, 5.74) is -0.778. The summed E-state index contributed by atoms with van der Waals surface area (Å²) in [6.07, 6.45) is -0.256. The van der Waals surface area contributed by atoms with E-state index in [1.807, 2.05) is 0 Å². The Morgan fingerprint density at radius 1 is 1.09 bits per heavy atom. The Kier molecular flexibility index (Phi) is 7.52. The number of sulfone groups is 1. The third kappa shape index (κ3) is 6.90. The van der Waals surface area contributed by atoms with E-state index in [4.69, 9.17) is 9.88 Å². The lowest BCUT2D eigenvalue weighted by Crippen LogP contribution is -2.21. The number of sulfonamides is 1. The van der Waals surface area contributed by atoms with E-state index in [1.165, 1.54) is 44.2 Å². The molecule has 0 aliphatic carbocycles. The van der Waals surface area contributed by atoms with Crippen molar-refractivity contribution in [3.8, 4) is 17.6 Å². The van der Waals surface area contributed by atoms with Crippen LogP contribution in [0.2, 0.25) is 0 Å². The minimum atomic E-state index is -4.31. The fourth-order valence-corrected chi connectivity index (χ4v) is 5.32. The molecule has 0 saturated heterocycles. The standard InChI is InChI=1S/C22H25NO7S2/c1-15(2)30-19-13-17(10-9-16(19)11-12-22(3,4)25)18(24)14-31(26,27)20-7-5-6-8-21(20)32(23,28)29/h5-10,13,15,25H,14H2,1-4H3,(H2,23,28,29). The van der Waals surface area contributed by atoms with Gasteiger partial charge in [0, 0.05) is 5.56 Å². The molecule has 0 fully saturated rings. The van der Waals surface area contributed by atoms with Gasteiger partial charge in [-0.05, 0) is 58.0 Å². The van der Waals surface area contributed by atoms with Crippen LogP contribution in [0, 0.1) is 11.8 Å². The Hall–Kier alpha value is -2.71. The van der Waals surface area contributed by atoms with Crippen molar-refractivity contribution in [2.75, 3.05) is 5.75 Å². The van der Waals surface area contributed by atoms with Gasteiger partial charge in [-0.3, -0.25) is 4.79 Å². The summed E-state index contributed by atoms with van der Waals surface area (Å²) in [7, 11) is -8.62. The topological polar surface area (TPSA) is 141 Å². The average Bonchev–Trinajstić information content (AvgIpc) is 2.64. The summed E-state index contributed by atoms with van der Waals surface area (Å²) in [6, 6.07) is 9.10. The van der Waals surface area contributed by atoms with E-state index >= 15 is 0 Å². The van der Waals surface area contributed by atoms with Crippen molar-refractivity contribution in [2.45, 2.75) is 49.2 Å². The summed E-state index contributed by atoms with van der Waals surface area (Å²) in [4.78, 5) is 11.7. The SMILES string of the molecule is CC(C)Oc1cc(C(=O)CS(=O)(=O)c2ccccc2S(N)(=O)=O)ccc1C#CC(C)(C)O. The zero-order chi connectivity index (χ0) is 24.3. The van der Waals surface area contributed by atoms with Gasteiger partial charge in [-0.1, -0.05) is 24.0 Å². The summed E-state index contributed by atoms with van der Waals surface area (Å²) < 4.78 is 54.8. The predicted octanol–water partition coefficient (Wildman–Crippen LogP) is 1.90. The molecular weight excluding hydrogens is 454 g/mol. The number of ketones is 1. The Labute approximate surface area is 188 Å². The molecule has 32 heavy (non-hydrogen) atoms. The van der Waals surface area contributed by atoms with E-state index in [1.54, 1.807) is 13.8 Å². The molecule has 0 saturated carbocycles. The second kappa shape index (κ2) is 9.42. The number of Topliss-reactive ketones (excluding diaryl/α,β-unsaturated/α-hetero) is 1. The Bertz CT molecular complexity index is 1290. The van der Waals surface area contributed by atoms with Gasteiger partial charge in [-0.25, -0.2) is 22.0 Å². The summed E-state index contributed by atoms with van der Waals surface area (Å²) in [5, 5.41) is 14.9. The zero-order valence-electron chi connectivity index (χ0n) is 18.1. The molecule has 0 atom stereocenters. The molecule has 2 aromatic rings. The number of primary sulfonamides is 1. The second-order valence-electron chi connectivity index (χ2n) is 7.86. The van der Waals surface area contributed by atoms with E-state index in [0.29, 0.717) is 5.56 Å². The molecule has 0 unspecified atom stereocenters. The van der Waals surface area contributed by atoms with Gasteiger partial charge in [0.2, 0.25) is 10.0 Å². The van der Waals surface area contributed by atoms with E-state index in [0.717, 1.165) is 12.1 Å². The monoisotopic (exact) mass is 479 g/mol. The maximum Gasteiger partial charge on any atom is 0.239 e. The molecule has 2 rings (SSSR count). The summed E-state index contributed by atoms with van der Waals surface area (Å²) in [5.74, 6) is 3.98. The molecule has 0 radical (unpaired) electrons. The van der Waals surface area contributed by atoms with Crippen molar-refractivity contribution in [3.63, 3.8) is 0 Å². The predicted molar refractivity (Wildman–Crippen MR) is 120 cm³/mol. The quantitative estimate of drug-likeness (QED) is 0.456. The molecule has 172 valence electrons. The zero-order valence-corrected chi connectivity index (χ0v) is 19.7. The van der Waals surface area contributed by atoms with Crippen LogP contribution in [0.25, 0.3) is 0 Å². The van der Waals surface area contributed by atoms with Crippen LogP contribution in [0.3, 0.4) is 0 Å². The number of ether oxygens (including phenoxy) is 1. The van der Waals surface area contributed by atoms with E-state index in [-0.39, 0.29) is 17.4 Å². The molecule has 0 amide bonds. The first-order valence-electron chi connectivity index (χ1n) is 9.54. The van der Waals surface area contributed by atoms with Crippen LogP contribution in [-0.4, -0.2) is 45.2 Å². The average molecular weight is 480 g/mol. The lowest BCUT2D eigenvalue weighted by Gasteiger charge is -2.14. The smallest absolute Gasteiger partial charge is 0.239 e. The normalized spacial score (nSPS) is 12.2. The Morgan fingerprint density at radius 3 is 2.22 bits per heavy atom. The van der Waals surface area contributed by atoms with Crippen molar-refractivity contribution in [2.24, 2.45) is 5.14 Å². The van der Waals surface area contributed by atoms with Gasteiger partial charge >= 0.3 is 0 Å². The number of carbonyl (C=O) groups excluding carboxylic acids is 1. The number of hydrogen-bond acceptors (Lipinski definition) is 7. The van der Waals surface area contributed by atoms with Gasteiger partial charge in [0.25, 0.3) is 0 Å². The second-order valence-corrected chi connectivity index (χ2v) is 11.3. The van der Waals surface area contributed by atoms with Gasteiger partial charge in [-0.2, -0.15) is 0 Å². The van der Waals surface area contributed by atoms with Crippen molar-refractivity contribution < 1.29 is 31.5 Å². The summed E-state index contributed by atoms with van der Waals surface area (Å²) >= 11 is 0. The van der Waals surface area contributed by atoms with Crippen molar-refractivity contribution in [1.29, 1.82) is 0 Å². The largest absolute Gasteiger partial charge is 0.490 e. The maximum atomic E-state index is 12.8. The molecule has 2 aromatic carbocycles. The number of hydrogen-bond donors (Lipinski definition) is 2. The van der Waals surface area contributed by atoms with Crippen LogP contribution in [0.1, 0.15) is 43.6 Å². The van der Waals surface area contributed by atoms with Gasteiger partial charge < -0.3 is 9.84 Å². The van der Waals surface area contributed by atoms with Gasteiger partial charge in [0.15, 0.2) is 15.6 Å². The number of carbonyl (C=O) groups is 1. The van der Waals surface area contributed by atoms with Crippen molar-refractivity contribution in [1.82, 2.24) is 0 Å². The minimum Gasteiger partial charge on any atom is -0.490 e. The Balaban J connectivity index is 2.45. The van der Waals surface area contributed by atoms with E-state index < -0.39 is 46.8 Å². The maximum absolute atomic E-state index is 12.8. The molecule has 10 heteroatoms. The van der Waals surface area contributed by atoms with E-state index in [9.17, 15) is 26.7 Å². The van der Waals surface area contributed by atoms with E-state index in [2.05, 4.69) is 11.8 Å². The van der Waals surface area contributed by atoms with Crippen molar-refractivity contribution in [3.05, 3.63) is 53.6 Å². The highest BCUT2D eigenvalue weighted by Crippen LogP contribution is 2.25. The molecular formula is C22H25NO7S2. The molecule has 0 heterocycles. The van der Waals surface area contributed by atoms with Crippen LogP contribution in [0.4, 0.5) is 0 Å². The molecule has 0 spiro atoms. The first-order chi connectivity index (χ1) is 14.6. The molecule has 8 nitrogen and oxygen atoms in total. The molecule has 0 aliphatic rings. The first-order valence-corrected chi connectivity index (χ1v) is 12.7. The van der Waals surface area contributed by atoms with Gasteiger partial charge in [0.05, 0.1) is 16.6 Å². The lowest BCUT2D eigenvalue weighted by atomic mass is 10.1. The fraction of sp³-hybridized carbons (Fsp3) is 0.318. The first kappa shape index (κ1) is 25.5. The van der Waals surface area contributed by atoms with Crippen LogP contribution in [-0.2, 0) is 19.9 Å². The highest BCUT2D eigenvalue weighted by atomic mass is 32.2. The van der Waals surface area contributed by atoms with Gasteiger partial charge in [0.1, 0.15) is 22.0 Å². The minimum absolute atomic E-state index is 0.0473. The molecule has 3 N–H and O–H groups in total. The molecule has 0 aromatic heterocycles. The summed E-state index contributed by atoms with van der Waals surface area (Å²) in [6.45, 7) is 6.59. The number of rotatable bonds is 7. The highest BCUT2D eigenvalue weighted by Gasteiger charge is 2.27. The van der Waals surface area contributed by atoms with Crippen LogP contribution in [0.5, 0.6) is 5.75 Å². The number of aliphatic hydroxyl groups is 1. The Morgan fingerprint density at radius 2 is 1.69 bits per heavy atom. The highest BCUT2D eigenvalue weighted by molar-refractivity contribution is 7.94. The van der Waals surface area contributed by atoms with Crippen LogP contribution >= 0.6 is 0 Å². The number of nitrogens with two attached hydrogens (primary N) is 1. The lowest BCUT2D eigenvalue weighted by molar-refractivity contribution is 0.102. The third-order valence-electron chi connectivity index (χ3n) is 3.98. The van der Waals surface area contributed by atoms with Gasteiger partial charge in [-0.15, -0.1) is 0 Å². The third-order valence-corrected chi connectivity index (χ3v) is 6.75. The molecule has 0 aliphatic heterocycles. The molecule has 0 bridgehead atoms. The van der Waals surface area contributed by atoms with Crippen molar-refractivity contribution >= 4 is 25.6 Å².